The summed E-state index contributed by atoms with van der Waals surface area (Å²) in [7, 11) is 1.71. The second-order valence-corrected chi connectivity index (χ2v) is 8.86. The van der Waals surface area contributed by atoms with Gasteiger partial charge in [-0.05, 0) is 67.2 Å². The third-order valence-electron chi connectivity index (χ3n) is 6.66. The first-order valence-electron chi connectivity index (χ1n) is 11.6. The van der Waals surface area contributed by atoms with Crippen molar-refractivity contribution in [1.29, 1.82) is 0 Å². The topological polar surface area (TPSA) is 30.3 Å². The predicted octanol–water partition coefficient (Wildman–Crippen LogP) is 5.55. The Morgan fingerprint density at radius 2 is 1.50 bits per heavy atom. The van der Waals surface area contributed by atoms with Crippen LogP contribution in [0.4, 0.5) is 0 Å². The monoisotopic (exact) mass is 425 g/mol. The van der Waals surface area contributed by atoms with Crippen molar-refractivity contribution >= 4 is 11.0 Å². The number of piperidine rings is 1. The van der Waals surface area contributed by atoms with Gasteiger partial charge in [-0.15, -0.1) is 0 Å². The molecule has 0 unspecified atom stereocenters. The molecule has 4 nitrogen and oxygen atoms in total. The summed E-state index contributed by atoms with van der Waals surface area (Å²) in [5.74, 6) is 2.80. The van der Waals surface area contributed by atoms with Crippen LogP contribution in [0, 0.1) is 5.92 Å². The molecule has 2 heterocycles. The molecule has 0 spiro atoms. The molecule has 1 fully saturated rings. The average molecular weight is 426 g/mol. The summed E-state index contributed by atoms with van der Waals surface area (Å²) in [6, 6.07) is 27.7. The number of para-hydroxylation sites is 2. The fourth-order valence-corrected chi connectivity index (χ4v) is 4.82. The van der Waals surface area contributed by atoms with Crippen molar-refractivity contribution in [3.8, 4) is 5.75 Å². The van der Waals surface area contributed by atoms with E-state index in [1.54, 1.807) is 7.11 Å². The van der Waals surface area contributed by atoms with E-state index >= 15 is 0 Å². The van der Waals surface area contributed by atoms with E-state index in [0.717, 1.165) is 43.9 Å². The molecule has 0 atom stereocenters. The molecule has 1 saturated heterocycles. The number of likely N-dealkylation sites (tertiary alicyclic amines) is 1. The van der Waals surface area contributed by atoms with Gasteiger partial charge in [-0.2, -0.15) is 0 Å². The number of nitrogens with zero attached hydrogens (tertiary/aromatic N) is 3. The van der Waals surface area contributed by atoms with Gasteiger partial charge >= 0.3 is 0 Å². The van der Waals surface area contributed by atoms with Crippen LogP contribution in [-0.4, -0.2) is 34.7 Å². The van der Waals surface area contributed by atoms with Gasteiger partial charge < -0.3 is 9.30 Å². The normalized spacial score (nSPS) is 15.3. The Balaban J connectivity index is 1.29. The summed E-state index contributed by atoms with van der Waals surface area (Å²) in [5, 5.41) is 0. The zero-order valence-corrected chi connectivity index (χ0v) is 18.8. The highest BCUT2D eigenvalue weighted by atomic mass is 16.5. The summed E-state index contributed by atoms with van der Waals surface area (Å²) in [4.78, 5) is 7.64. The van der Waals surface area contributed by atoms with Gasteiger partial charge in [-0.3, -0.25) is 4.90 Å². The smallest absolute Gasteiger partial charge is 0.118 e. The third-order valence-corrected chi connectivity index (χ3v) is 6.66. The molecular formula is C28H31N3O. The van der Waals surface area contributed by atoms with Crippen LogP contribution in [0.1, 0.15) is 29.8 Å². The highest BCUT2D eigenvalue weighted by Gasteiger charge is 2.22. The molecule has 5 rings (SSSR count). The number of hydrogen-bond donors (Lipinski definition) is 0. The Kier molecular flexibility index (Phi) is 6.22. The molecule has 0 radical (unpaired) electrons. The molecule has 164 valence electrons. The second kappa shape index (κ2) is 9.58. The van der Waals surface area contributed by atoms with Gasteiger partial charge in [0.2, 0.25) is 0 Å². The van der Waals surface area contributed by atoms with Crippen molar-refractivity contribution in [2.45, 2.75) is 32.4 Å². The van der Waals surface area contributed by atoms with Crippen LogP contribution in [0.15, 0.2) is 78.9 Å². The number of methoxy groups -OCH3 is 1. The molecule has 0 amide bonds. The van der Waals surface area contributed by atoms with E-state index in [9.17, 15) is 0 Å². The van der Waals surface area contributed by atoms with Crippen molar-refractivity contribution < 1.29 is 4.74 Å². The maximum Gasteiger partial charge on any atom is 0.118 e. The number of ether oxygens (including phenoxy) is 1. The van der Waals surface area contributed by atoms with E-state index in [2.05, 4.69) is 76.2 Å². The largest absolute Gasteiger partial charge is 0.497 e. The zero-order valence-electron chi connectivity index (χ0n) is 18.8. The van der Waals surface area contributed by atoms with Crippen LogP contribution in [0.3, 0.4) is 0 Å². The summed E-state index contributed by atoms with van der Waals surface area (Å²) in [5.41, 5.74) is 5.00. The van der Waals surface area contributed by atoms with Crippen molar-refractivity contribution in [3.05, 3.63) is 95.8 Å². The fraction of sp³-hybridized carbons (Fsp3) is 0.321. The molecule has 32 heavy (non-hydrogen) atoms. The van der Waals surface area contributed by atoms with Crippen molar-refractivity contribution in [1.82, 2.24) is 14.5 Å². The third kappa shape index (κ3) is 4.71. The van der Waals surface area contributed by atoms with Gasteiger partial charge in [0.25, 0.3) is 0 Å². The molecule has 0 aliphatic carbocycles. The molecule has 1 aromatic heterocycles. The van der Waals surface area contributed by atoms with E-state index < -0.39 is 0 Å². The molecule has 3 aromatic carbocycles. The van der Waals surface area contributed by atoms with Crippen molar-refractivity contribution in [2.24, 2.45) is 5.92 Å². The van der Waals surface area contributed by atoms with Crippen LogP contribution in [0.2, 0.25) is 0 Å². The minimum atomic E-state index is 0.688. The van der Waals surface area contributed by atoms with Gasteiger partial charge in [0, 0.05) is 19.5 Å². The molecule has 1 aliphatic heterocycles. The maximum atomic E-state index is 5.32. The lowest BCUT2D eigenvalue weighted by Gasteiger charge is -2.32. The fourth-order valence-electron chi connectivity index (χ4n) is 4.82. The Morgan fingerprint density at radius 1 is 0.812 bits per heavy atom. The van der Waals surface area contributed by atoms with E-state index in [-0.39, 0.29) is 0 Å². The molecule has 4 heteroatoms. The van der Waals surface area contributed by atoms with Crippen LogP contribution >= 0.6 is 0 Å². The van der Waals surface area contributed by atoms with Gasteiger partial charge in [-0.25, -0.2) is 4.98 Å². The van der Waals surface area contributed by atoms with Gasteiger partial charge in [-0.1, -0.05) is 54.6 Å². The number of rotatable bonds is 7. The van der Waals surface area contributed by atoms with E-state index in [0.29, 0.717) is 5.92 Å². The zero-order chi connectivity index (χ0) is 21.8. The highest BCUT2D eigenvalue weighted by molar-refractivity contribution is 5.76. The molecule has 1 aliphatic rings. The van der Waals surface area contributed by atoms with Crippen LogP contribution in [0.5, 0.6) is 5.75 Å². The predicted molar refractivity (Wildman–Crippen MR) is 130 cm³/mol. The Morgan fingerprint density at radius 3 is 2.25 bits per heavy atom. The van der Waals surface area contributed by atoms with Crippen LogP contribution in [-0.2, 0) is 19.5 Å². The maximum absolute atomic E-state index is 5.32. The first-order valence-corrected chi connectivity index (χ1v) is 11.6. The standard InChI is InChI=1S/C28H31N3O/c1-32-25-13-11-24(12-14-25)21-31-27-10-6-5-9-26(27)29-28(31)19-22-15-17-30(18-16-22)20-23-7-3-2-4-8-23/h2-14,22H,15-21H2,1H3. The second-order valence-electron chi connectivity index (χ2n) is 8.86. The number of fused-ring (bicyclic) bond motifs is 1. The van der Waals surface area contributed by atoms with E-state index in [1.807, 2.05) is 12.1 Å². The molecule has 0 bridgehead atoms. The number of hydrogen-bond acceptors (Lipinski definition) is 3. The van der Waals surface area contributed by atoms with Gasteiger partial charge in [0.05, 0.1) is 18.1 Å². The lowest BCUT2D eigenvalue weighted by atomic mass is 9.93. The average Bonchev–Trinajstić information content (AvgIpc) is 3.18. The lowest BCUT2D eigenvalue weighted by molar-refractivity contribution is 0.175. The molecular weight excluding hydrogens is 394 g/mol. The summed E-state index contributed by atoms with van der Waals surface area (Å²) >= 11 is 0. The van der Waals surface area contributed by atoms with E-state index in [1.165, 1.54) is 35.3 Å². The molecule has 4 aromatic rings. The van der Waals surface area contributed by atoms with Crippen molar-refractivity contribution in [2.75, 3.05) is 20.2 Å². The lowest BCUT2D eigenvalue weighted by Crippen LogP contribution is -2.34. The molecule has 0 N–H and O–H groups in total. The van der Waals surface area contributed by atoms with Crippen LogP contribution in [0.25, 0.3) is 11.0 Å². The summed E-state index contributed by atoms with van der Waals surface area (Å²) in [6.07, 6.45) is 3.52. The Bertz CT molecular complexity index is 1140. The van der Waals surface area contributed by atoms with Crippen molar-refractivity contribution in [3.63, 3.8) is 0 Å². The quantitative estimate of drug-likeness (QED) is 0.389. The number of benzene rings is 3. The SMILES string of the molecule is COc1ccc(Cn2c(CC3CCN(Cc4ccccc4)CC3)nc3ccccc32)cc1. The minimum absolute atomic E-state index is 0.688. The van der Waals surface area contributed by atoms with Crippen LogP contribution < -0.4 is 4.74 Å². The van der Waals surface area contributed by atoms with Gasteiger partial charge in [0.1, 0.15) is 11.6 Å². The first kappa shape index (κ1) is 20.8. The minimum Gasteiger partial charge on any atom is -0.497 e. The first-order chi connectivity index (χ1) is 15.8. The molecule has 0 saturated carbocycles. The summed E-state index contributed by atoms with van der Waals surface area (Å²) < 4.78 is 7.73. The van der Waals surface area contributed by atoms with Gasteiger partial charge in [0.15, 0.2) is 0 Å². The van der Waals surface area contributed by atoms with E-state index in [4.69, 9.17) is 9.72 Å². The Hall–Kier alpha value is -3.11. The Labute approximate surface area is 190 Å². The highest BCUT2D eigenvalue weighted by Crippen LogP contribution is 2.26. The summed E-state index contributed by atoms with van der Waals surface area (Å²) in [6.45, 7) is 4.23. The number of aromatic nitrogens is 2. The number of imidazole rings is 1.